The molecule has 0 amide bonds. The highest BCUT2D eigenvalue weighted by atomic mass is 32.2. The molecule has 2 aliphatic rings. The number of nitrogens with zero attached hydrogens (tertiary/aromatic N) is 2. The minimum absolute atomic E-state index is 0.387. The fraction of sp³-hybridized carbons (Fsp3) is 0.419. The molecule has 3 aromatic rings. The molecular weight excluding hydrogens is 478 g/mol. The molecule has 0 atom stereocenters. The predicted octanol–water partition coefficient (Wildman–Crippen LogP) is 4.79. The van der Waals surface area contributed by atoms with Gasteiger partial charge in [0.2, 0.25) is 10.0 Å². The predicted molar refractivity (Wildman–Crippen MR) is 150 cm³/mol. The second-order valence-corrected chi connectivity index (χ2v) is 12.5. The van der Waals surface area contributed by atoms with Gasteiger partial charge in [0, 0.05) is 32.7 Å². The first-order chi connectivity index (χ1) is 17.9. The summed E-state index contributed by atoms with van der Waals surface area (Å²) in [6, 6.07) is 25.0. The van der Waals surface area contributed by atoms with Gasteiger partial charge in [0.15, 0.2) is 0 Å². The van der Waals surface area contributed by atoms with Crippen LogP contribution in [0.5, 0.6) is 0 Å². The molecule has 0 aliphatic carbocycles. The second kappa shape index (κ2) is 11.9. The van der Waals surface area contributed by atoms with Crippen molar-refractivity contribution in [1.29, 1.82) is 0 Å². The summed E-state index contributed by atoms with van der Waals surface area (Å²) in [5, 5.41) is 0. The van der Waals surface area contributed by atoms with Gasteiger partial charge in [-0.1, -0.05) is 66.2 Å². The molecule has 5 nitrogen and oxygen atoms in total. The van der Waals surface area contributed by atoms with Crippen molar-refractivity contribution in [3.05, 3.63) is 101 Å². The third-order valence-electron chi connectivity index (χ3n) is 7.89. The van der Waals surface area contributed by atoms with Crippen molar-refractivity contribution in [1.82, 2.24) is 14.5 Å². The lowest BCUT2D eigenvalue weighted by Gasteiger charge is -2.32. The Kier molecular flexibility index (Phi) is 8.40. The van der Waals surface area contributed by atoms with Gasteiger partial charge in [-0.15, -0.1) is 0 Å². The number of sulfonamides is 1. The molecule has 0 saturated carbocycles. The number of nitrogens with one attached hydrogen (secondary N) is 1. The molecule has 0 spiro atoms. The van der Waals surface area contributed by atoms with E-state index in [4.69, 9.17) is 0 Å². The van der Waals surface area contributed by atoms with Crippen LogP contribution >= 0.6 is 0 Å². The Balaban J connectivity index is 1.13. The van der Waals surface area contributed by atoms with E-state index >= 15 is 0 Å². The third kappa shape index (κ3) is 7.08. The SMILES string of the molecule is Cc1cccc(CN2CCc3ccc(S(=O)(=O)NCC4CCN(Cc5ccccc5)CC4)cc3CC2)c1. The van der Waals surface area contributed by atoms with Crippen LogP contribution in [0.1, 0.15) is 40.7 Å². The fourth-order valence-electron chi connectivity index (χ4n) is 5.64. The highest BCUT2D eigenvalue weighted by Gasteiger charge is 2.23. The molecule has 6 heteroatoms. The zero-order chi connectivity index (χ0) is 25.7. The van der Waals surface area contributed by atoms with Crippen molar-refractivity contribution in [2.24, 2.45) is 5.92 Å². The number of aryl methyl sites for hydroxylation is 1. The average Bonchev–Trinajstić information content (AvgIpc) is 3.11. The highest BCUT2D eigenvalue weighted by molar-refractivity contribution is 7.89. The smallest absolute Gasteiger partial charge is 0.240 e. The Morgan fingerprint density at radius 3 is 2.19 bits per heavy atom. The first-order valence-corrected chi connectivity index (χ1v) is 15.1. The van der Waals surface area contributed by atoms with E-state index < -0.39 is 10.0 Å². The fourth-order valence-corrected chi connectivity index (χ4v) is 6.81. The lowest BCUT2D eigenvalue weighted by atomic mass is 9.97. The van der Waals surface area contributed by atoms with Crippen LogP contribution in [-0.4, -0.2) is 50.9 Å². The van der Waals surface area contributed by atoms with E-state index in [2.05, 4.69) is 70.0 Å². The van der Waals surface area contributed by atoms with Crippen LogP contribution < -0.4 is 4.72 Å². The lowest BCUT2D eigenvalue weighted by Crippen LogP contribution is -2.38. The van der Waals surface area contributed by atoms with Crippen LogP contribution in [-0.2, 0) is 36.0 Å². The van der Waals surface area contributed by atoms with Crippen molar-refractivity contribution in [3.63, 3.8) is 0 Å². The molecule has 196 valence electrons. The largest absolute Gasteiger partial charge is 0.299 e. The third-order valence-corrected chi connectivity index (χ3v) is 9.31. The van der Waals surface area contributed by atoms with Gasteiger partial charge in [0.25, 0.3) is 0 Å². The van der Waals surface area contributed by atoms with Crippen LogP contribution in [0.25, 0.3) is 0 Å². The number of piperidine rings is 1. The number of likely N-dealkylation sites (tertiary alicyclic amines) is 1. The molecule has 0 unspecified atom stereocenters. The molecule has 3 aromatic carbocycles. The summed E-state index contributed by atoms with van der Waals surface area (Å²) in [7, 11) is -3.51. The van der Waals surface area contributed by atoms with Gasteiger partial charge in [-0.05, 0) is 86.0 Å². The first-order valence-electron chi connectivity index (χ1n) is 13.6. The maximum atomic E-state index is 13.2. The molecule has 0 bridgehead atoms. The first kappa shape index (κ1) is 26.1. The van der Waals surface area contributed by atoms with E-state index in [-0.39, 0.29) is 0 Å². The Bertz CT molecular complexity index is 1280. The van der Waals surface area contributed by atoms with Gasteiger partial charge in [-0.2, -0.15) is 0 Å². The van der Waals surface area contributed by atoms with Gasteiger partial charge in [-0.25, -0.2) is 13.1 Å². The Morgan fingerprint density at radius 1 is 0.757 bits per heavy atom. The van der Waals surface area contributed by atoms with Crippen molar-refractivity contribution in [3.8, 4) is 0 Å². The number of rotatable bonds is 8. The monoisotopic (exact) mass is 517 g/mol. The van der Waals surface area contributed by atoms with E-state index in [1.54, 1.807) is 6.07 Å². The zero-order valence-corrected chi connectivity index (χ0v) is 22.7. The van der Waals surface area contributed by atoms with E-state index in [9.17, 15) is 8.42 Å². The second-order valence-electron chi connectivity index (χ2n) is 10.8. The molecule has 1 fully saturated rings. The Labute approximate surface area is 222 Å². The van der Waals surface area contributed by atoms with Gasteiger partial charge in [0.1, 0.15) is 0 Å². The summed E-state index contributed by atoms with van der Waals surface area (Å²) in [5.74, 6) is 0.387. The molecule has 0 radical (unpaired) electrons. The van der Waals surface area contributed by atoms with Crippen LogP contribution in [0.4, 0.5) is 0 Å². The molecule has 1 N–H and O–H groups in total. The molecule has 2 aliphatic heterocycles. The van der Waals surface area contributed by atoms with Crippen LogP contribution in [0, 0.1) is 12.8 Å². The van der Waals surface area contributed by atoms with Gasteiger partial charge in [0.05, 0.1) is 4.90 Å². The standard InChI is InChI=1S/C31H39N3O2S/c1-25-6-5-9-28(20-25)24-34-18-14-29-10-11-31(21-30(29)15-19-34)37(35,36)32-22-26-12-16-33(17-13-26)23-27-7-3-2-4-8-27/h2-11,20-21,26,32H,12-19,22-24H2,1H3. The molecular formula is C31H39N3O2S. The summed E-state index contributed by atoms with van der Waals surface area (Å²) in [4.78, 5) is 5.35. The average molecular weight is 518 g/mol. The molecule has 2 heterocycles. The minimum atomic E-state index is -3.51. The maximum Gasteiger partial charge on any atom is 0.240 e. The van der Waals surface area contributed by atoms with Crippen LogP contribution in [0.2, 0.25) is 0 Å². The summed E-state index contributed by atoms with van der Waals surface area (Å²) in [5.41, 5.74) is 6.41. The summed E-state index contributed by atoms with van der Waals surface area (Å²) in [6.07, 6.45) is 3.88. The topological polar surface area (TPSA) is 52.7 Å². The maximum absolute atomic E-state index is 13.2. The van der Waals surface area contributed by atoms with E-state index in [1.165, 1.54) is 27.8 Å². The quantitative estimate of drug-likeness (QED) is 0.467. The number of hydrogen-bond acceptors (Lipinski definition) is 4. The minimum Gasteiger partial charge on any atom is -0.299 e. The van der Waals surface area contributed by atoms with E-state index in [0.29, 0.717) is 17.4 Å². The number of hydrogen-bond donors (Lipinski definition) is 1. The summed E-state index contributed by atoms with van der Waals surface area (Å²) in [6.45, 7) is 8.52. The van der Waals surface area contributed by atoms with Gasteiger partial charge >= 0.3 is 0 Å². The van der Waals surface area contributed by atoms with Crippen LogP contribution in [0.15, 0.2) is 77.7 Å². The number of benzene rings is 3. The molecule has 0 aromatic heterocycles. The number of fused-ring (bicyclic) bond motifs is 1. The van der Waals surface area contributed by atoms with Crippen molar-refractivity contribution in [2.75, 3.05) is 32.7 Å². The normalized spacial score (nSPS) is 17.9. The Hall–Kier alpha value is -2.51. The summed E-state index contributed by atoms with van der Waals surface area (Å²) < 4.78 is 29.2. The molecule has 37 heavy (non-hydrogen) atoms. The molecule has 1 saturated heterocycles. The van der Waals surface area contributed by atoms with Crippen molar-refractivity contribution in [2.45, 2.75) is 50.6 Å². The van der Waals surface area contributed by atoms with Gasteiger partial charge < -0.3 is 0 Å². The van der Waals surface area contributed by atoms with Crippen molar-refractivity contribution < 1.29 is 8.42 Å². The Morgan fingerprint density at radius 2 is 1.43 bits per heavy atom. The highest BCUT2D eigenvalue weighted by Crippen LogP contribution is 2.23. The lowest BCUT2D eigenvalue weighted by molar-refractivity contribution is 0.178. The zero-order valence-electron chi connectivity index (χ0n) is 21.9. The van der Waals surface area contributed by atoms with Gasteiger partial charge in [-0.3, -0.25) is 9.80 Å². The summed E-state index contributed by atoms with van der Waals surface area (Å²) >= 11 is 0. The molecule has 5 rings (SSSR count). The van der Waals surface area contributed by atoms with E-state index in [1.807, 2.05) is 18.2 Å². The van der Waals surface area contributed by atoms with E-state index in [0.717, 1.165) is 65.0 Å². The van der Waals surface area contributed by atoms with Crippen molar-refractivity contribution >= 4 is 10.0 Å². The van der Waals surface area contributed by atoms with Crippen LogP contribution in [0.3, 0.4) is 0 Å².